The molecule has 0 amide bonds. The fourth-order valence-corrected chi connectivity index (χ4v) is 1.70. The summed E-state index contributed by atoms with van der Waals surface area (Å²) in [4.78, 5) is 9.80. The number of nitro benzene ring substituents is 1. The van der Waals surface area contributed by atoms with Gasteiger partial charge < -0.3 is 10.4 Å². The van der Waals surface area contributed by atoms with Crippen LogP contribution in [0.1, 0.15) is 20.3 Å². The molecule has 1 rings (SSSR count). The number of halogens is 2. The van der Waals surface area contributed by atoms with E-state index in [1.54, 1.807) is 13.8 Å². The van der Waals surface area contributed by atoms with Crippen molar-refractivity contribution in [1.82, 2.24) is 0 Å². The molecule has 1 aromatic carbocycles. The largest absolute Gasteiger partial charge is 0.393 e. The van der Waals surface area contributed by atoms with E-state index in [1.165, 1.54) is 0 Å². The predicted molar refractivity (Wildman–Crippen MR) is 62.4 cm³/mol. The molecule has 0 heterocycles. The number of benzene rings is 1. The quantitative estimate of drug-likeness (QED) is 0.629. The first-order valence-electron chi connectivity index (χ1n) is 5.39. The summed E-state index contributed by atoms with van der Waals surface area (Å²) in [5, 5.41) is 22.5. The molecule has 2 N–H and O–H groups in total. The molecule has 18 heavy (non-hydrogen) atoms. The molecule has 0 bridgehead atoms. The Labute approximate surface area is 103 Å². The van der Waals surface area contributed by atoms with Crippen LogP contribution in [0.2, 0.25) is 0 Å². The Morgan fingerprint density at radius 2 is 2.06 bits per heavy atom. The zero-order valence-corrected chi connectivity index (χ0v) is 9.98. The van der Waals surface area contributed by atoms with E-state index in [1.807, 2.05) is 0 Å². The lowest BCUT2D eigenvalue weighted by Crippen LogP contribution is -2.21. The molecule has 2 unspecified atom stereocenters. The van der Waals surface area contributed by atoms with Crippen molar-refractivity contribution in [2.24, 2.45) is 0 Å². The highest BCUT2D eigenvalue weighted by Gasteiger charge is 2.23. The summed E-state index contributed by atoms with van der Waals surface area (Å²) in [5.41, 5.74) is -1.03. The Bertz CT molecular complexity index is 452. The molecule has 0 aromatic heterocycles. The second kappa shape index (κ2) is 5.72. The van der Waals surface area contributed by atoms with Crippen molar-refractivity contribution in [3.8, 4) is 0 Å². The molecule has 1 aromatic rings. The minimum absolute atomic E-state index is 0.231. The van der Waals surface area contributed by atoms with Gasteiger partial charge in [-0.15, -0.1) is 0 Å². The number of hydrogen-bond donors (Lipinski definition) is 2. The minimum Gasteiger partial charge on any atom is -0.393 e. The summed E-state index contributed by atoms with van der Waals surface area (Å²) >= 11 is 0. The van der Waals surface area contributed by atoms with Crippen LogP contribution in [-0.4, -0.2) is 22.2 Å². The third-order valence-corrected chi connectivity index (χ3v) is 2.31. The van der Waals surface area contributed by atoms with E-state index in [-0.39, 0.29) is 11.7 Å². The van der Waals surface area contributed by atoms with Gasteiger partial charge >= 0.3 is 5.69 Å². The highest BCUT2D eigenvalue weighted by molar-refractivity contribution is 5.62. The molecule has 2 atom stereocenters. The van der Waals surface area contributed by atoms with Crippen molar-refractivity contribution in [2.45, 2.75) is 32.4 Å². The Balaban J connectivity index is 3.03. The molecule has 0 aliphatic carbocycles. The lowest BCUT2D eigenvalue weighted by molar-refractivity contribution is -0.386. The van der Waals surface area contributed by atoms with Gasteiger partial charge in [0, 0.05) is 18.2 Å². The lowest BCUT2D eigenvalue weighted by atomic mass is 10.1. The highest BCUT2D eigenvalue weighted by atomic mass is 19.1. The van der Waals surface area contributed by atoms with Crippen LogP contribution in [0.15, 0.2) is 12.1 Å². The second-order valence-corrected chi connectivity index (χ2v) is 4.17. The van der Waals surface area contributed by atoms with Gasteiger partial charge in [0.1, 0.15) is 11.5 Å². The number of hydrogen-bond acceptors (Lipinski definition) is 4. The van der Waals surface area contributed by atoms with E-state index < -0.39 is 28.3 Å². The Morgan fingerprint density at radius 1 is 1.44 bits per heavy atom. The number of aliphatic hydroxyl groups excluding tert-OH is 1. The van der Waals surface area contributed by atoms with Crippen LogP contribution in [0.5, 0.6) is 0 Å². The maximum absolute atomic E-state index is 13.3. The van der Waals surface area contributed by atoms with Crippen molar-refractivity contribution in [3.05, 3.63) is 33.9 Å². The van der Waals surface area contributed by atoms with Gasteiger partial charge in [-0.2, -0.15) is 4.39 Å². The molecule has 0 aliphatic heterocycles. The van der Waals surface area contributed by atoms with Crippen LogP contribution in [0.3, 0.4) is 0 Å². The zero-order chi connectivity index (χ0) is 13.9. The molecule has 0 saturated heterocycles. The molecule has 0 aliphatic rings. The van der Waals surface area contributed by atoms with Crippen molar-refractivity contribution < 1.29 is 18.8 Å². The zero-order valence-electron chi connectivity index (χ0n) is 9.98. The smallest absolute Gasteiger partial charge is 0.327 e. The standard InChI is InChI=1S/C11H14F2N2O3/c1-6(3-7(2)16)14-10-5-8(12)4-9(13)11(10)15(17)18/h4-7,14,16H,3H2,1-2H3. The number of nitrogens with one attached hydrogen (secondary N) is 1. The number of nitro groups is 1. The third-order valence-electron chi connectivity index (χ3n) is 2.31. The van der Waals surface area contributed by atoms with Crippen LogP contribution in [-0.2, 0) is 0 Å². The van der Waals surface area contributed by atoms with Crippen LogP contribution < -0.4 is 5.32 Å². The van der Waals surface area contributed by atoms with Crippen LogP contribution in [0.4, 0.5) is 20.2 Å². The van der Waals surface area contributed by atoms with Gasteiger partial charge in [-0.3, -0.25) is 10.1 Å². The fraction of sp³-hybridized carbons (Fsp3) is 0.455. The molecule has 0 fully saturated rings. The fourth-order valence-electron chi connectivity index (χ4n) is 1.70. The maximum atomic E-state index is 13.3. The molecular formula is C11H14F2N2O3. The maximum Gasteiger partial charge on any atom is 0.327 e. The first-order valence-corrected chi connectivity index (χ1v) is 5.39. The summed E-state index contributed by atoms with van der Waals surface area (Å²) in [6.07, 6.45) is -0.320. The Kier molecular flexibility index (Phi) is 4.55. The van der Waals surface area contributed by atoms with Crippen LogP contribution in [0, 0.1) is 21.7 Å². The van der Waals surface area contributed by atoms with Gasteiger partial charge in [0.05, 0.1) is 11.0 Å². The summed E-state index contributed by atoms with van der Waals surface area (Å²) in [7, 11) is 0. The summed E-state index contributed by atoms with van der Waals surface area (Å²) < 4.78 is 26.3. The second-order valence-electron chi connectivity index (χ2n) is 4.17. The van der Waals surface area contributed by atoms with E-state index in [0.717, 1.165) is 6.07 Å². The monoisotopic (exact) mass is 260 g/mol. The minimum atomic E-state index is -1.23. The third kappa shape index (κ3) is 3.63. The van der Waals surface area contributed by atoms with Crippen molar-refractivity contribution in [2.75, 3.05) is 5.32 Å². The molecule has 7 heteroatoms. The first-order chi connectivity index (χ1) is 8.31. The van der Waals surface area contributed by atoms with Gasteiger partial charge in [-0.25, -0.2) is 4.39 Å². The SMILES string of the molecule is CC(O)CC(C)Nc1cc(F)cc(F)c1[N+](=O)[O-]. The number of aliphatic hydroxyl groups is 1. The first kappa shape index (κ1) is 14.3. The van der Waals surface area contributed by atoms with Gasteiger partial charge in [0.15, 0.2) is 0 Å². The number of rotatable bonds is 5. The van der Waals surface area contributed by atoms with E-state index >= 15 is 0 Å². The van der Waals surface area contributed by atoms with Crippen LogP contribution >= 0.6 is 0 Å². The summed E-state index contributed by atoms with van der Waals surface area (Å²) in [5.74, 6) is -2.13. The van der Waals surface area contributed by atoms with Gasteiger partial charge in [0.2, 0.25) is 5.82 Å². The summed E-state index contributed by atoms with van der Waals surface area (Å²) in [6.45, 7) is 3.21. The average molecular weight is 260 g/mol. The van der Waals surface area contributed by atoms with E-state index in [0.29, 0.717) is 12.5 Å². The van der Waals surface area contributed by atoms with E-state index in [2.05, 4.69) is 5.32 Å². The topological polar surface area (TPSA) is 75.4 Å². The van der Waals surface area contributed by atoms with E-state index in [9.17, 15) is 18.9 Å². The van der Waals surface area contributed by atoms with Gasteiger partial charge in [0.25, 0.3) is 0 Å². The molecule has 0 radical (unpaired) electrons. The van der Waals surface area contributed by atoms with Crippen LogP contribution in [0.25, 0.3) is 0 Å². The molecular weight excluding hydrogens is 246 g/mol. The lowest BCUT2D eigenvalue weighted by Gasteiger charge is -2.16. The molecule has 5 nitrogen and oxygen atoms in total. The summed E-state index contributed by atoms with van der Waals surface area (Å²) in [6, 6.07) is 0.965. The molecule has 100 valence electrons. The number of nitrogens with zero attached hydrogens (tertiary/aromatic N) is 1. The Hall–Kier alpha value is -1.76. The normalized spacial score (nSPS) is 14.1. The van der Waals surface area contributed by atoms with Crippen molar-refractivity contribution >= 4 is 11.4 Å². The average Bonchev–Trinajstić information content (AvgIpc) is 2.12. The number of anilines is 1. The molecule has 0 saturated carbocycles. The highest BCUT2D eigenvalue weighted by Crippen LogP contribution is 2.29. The molecule has 0 spiro atoms. The van der Waals surface area contributed by atoms with E-state index in [4.69, 9.17) is 5.11 Å². The predicted octanol–water partition coefficient (Wildman–Crippen LogP) is 2.44. The van der Waals surface area contributed by atoms with Crippen molar-refractivity contribution in [3.63, 3.8) is 0 Å². The van der Waals surface area contributed by atoms with Gasteiger partial charge in [-0.1, -0.05) is 0 Å². The van der Waals surface area contributed by atoms with Gasteiger partial charge in [-0.05, 0) is 20.3 Å². The van der Waals surface area contributed by atoms with Crippen molar-refractivity contribution in [1.29, 1.82) is 0 Å². The Morgan fingerprint density at radius 3 is 2.56 bits per heavy atom.